The summed E-state index contributed by atoms with van der Waals surface area (Å²) in [5, 5.41) is 8.71. The van der Waals surface area contributed by atoms with E-state index in [-0.39, 0.29) is 12.5 Å². The van der Waals surface area contributed by atoms with Crippen molar-refractivity contribution in [2.75, 3.05) is 26.7 Å². The maximum absolute atomic E-state index is 12.2. The summed E-state index contributed by atoms with van der Waals surface area (Å²) < 4.78 is 0. The number of nitrogens with zero attached hydrogens (tertiary/aromatic N) is 2. The van der Waals surface area contributed by atoms with Crippen LogP contribution in [-0.4, -0.2) is 53.6 Å². The Balaban J connectivity index is 2.47. The van der Waals surface area contributed by atoms with Gasteiger partial charge in [-0.15, -0.1) is 0 Å². The van der Waals surface area contributed by atoms with Gasteiger partial charge in [-0.3, -0.25) is 4.79 Å². The van der Waals surface area contributed by atoms with Crippen molar-refractivity contribution in [3.8, 4) is 0 Å². The van der Waals surface area contributed by atoms with Gasteiger partial charge in [0, 0.05) is 33.1 Å². The fourth-order valence-electron chi connectivity index (χ4n) is 2.52. The number of hydrogen-bond acceptors (Lipinski definition) is 2. The average Bonchev–Trinajstić information content (AvgIpc) is 2.35. The third kappa shape index (κ3) is 5.32. The van der Waals surface area contributed by atoms with E-state index in [1.807, 2.05) is 11.8 Å². The van der Waals surface area contributed by atoms with Gasteiger partial charge in [0.2, 0.25) is 0 Å². The molecule has 1 rings (SSSR count). The third-order valence-electron chi connectivity index (χ3n) is 3.39. The van der Waals surface area contributed by atoms with Gasteiger partial charge < -0.3 is 14.9 Å². The minimum absolute atomic E-state index is 0.0167. The summed E-state index contributed by atoms with van der Waals surface area (Å²) in [6.45, 7) is 7.71. The monoisotopic (exact) mass is 268 g/mol. The number of likely N-dealkylation sites (N-methyl/N-ethyl adjacent to an activating group) is 1. The van der Waals surface area contributed by atoms with E-state index in [0.29, 0.717) is 25.4 Å². The molecule has 1 N–H and O–H groups in total. The first-order valence-corrected chi connectivity index (χ1v) is 6.76. The lowest BCUT2D eigenvalue weighted by Gasteiger charge is -2.35. The number of amides is 2. The summed E-state index contributed by atoms with van der Waals surface area (Å²) in [6.07, 6.45) is 2.82. The molecule has 0 radical (unpaired) electrons. The Hall–Kier alpha value is -1.52. The molecule has 0 aromatic carbocycles. The van der Waals surface area contributed by atoms with Crippen LogP contribution in [-0.2, 0) is 4.79 Å². The van der Waals surface area contributed by atoms with Crippen molar-refractivity contribution < 1.29 is 14.7 Å². The molecule has 19 heavy (non-hydrogen) atoms. The van der Waals surface area contributed by atoms with Crippen molar-refractivity contribution in [1.82, 2.24) is 9.80 Å². The molecule has 5 heteroatoms. The molecule has 1 fully saturated rings. The first-order valence-electron chi connectivity index (χ1n) is 6.76. The van der Waals surface area contributed by atoms with Crippen LogP contribution in [0.4, 0.5) is 4.79 Å². The van der Waals surface area contributed by atoms with E-state index in [9.17, 15) is 9.59 Å². The number of hydrogen-bond donors (Lipinski definition) is 1. The highest BCUT2D eigenvalue weighted by Gasteiger charge is 2.25. The maximum Gasteiger partial charge on any atom is 0.320 e. The minimum Gasteiger partial charge on any atom is -0.481 e. The Morgan fingerprint density at radius 2 is 2.16 bits per heavy atom. The van der Waals surface area contributed by atoms with Crippen molar-refractivity contribution in [1.29, 1.82) is 0 Å². The highest BCUT2D eigenvalue weighted by Crippen LogP contribution is 2.21. The average molecular weight is 268 g/mol. The second-order valence-corrected chi connectivity index (χ2v) is 5.48. The zero-order valence-corrected chi connectivity index (χ0v) is 11.9. The number of aliphatic carboxylic acids is 1. The van der Waals surface area contributed by atoms with Gasteiger partial charge in [0.15, 0.2) is 0 Å². The Morgan fingerprint density at radius 3 is 2.74 bits per heavy atom. The van der Waals surface area contributed by atoms with Gasteiger partial charge in [-0.25, -0.2) is 4.79 Å². The van der Waals surface area contributed by atoms with Crippen LogP contribution in [0.3, 0.4) is 0 Å². The Kier molecular flexibility index (Phi) is 5.86. The maximum atomic E-state index is 12.2. The third-order valence-corrected chi connectivity index (χ3v) is 3.39. The molecule has 0 spiro atoms. The van der Waals surface area contributed by atoms with Gasteiger partial charge >= 0.3 is 12.0 Å². The van der Waals surface area contributed by atoms with Crippen LogP contribution < -0.4 is 0 Å². The van der Waals surface area contributed by atoms with Crippen molar-refractivity contribution in [2.24, 2.45) is 5.92 Å². The number of carboxylic acid groups (broad SMARTS) is 1. The predicted octanol–water partition coefficient (Wildman–Crippen LogP) is 2.19. The summed E-state index contributed by atoms with van der Waals surface area (Å²) in [4.78, 5) is 26.3. The minimum atomic E-state index is -0.761. The molecule has 5 nitrogen and oxygen atoms in total. The van der Waals surface area contributed by atoms with Crippen LogP contribution in [0.25, 0.3) is 0 Å². The Morgan fingerprint density at radius 1 is 1.47 bits per heavy atom. The molecule has 1 heterocycles. The van der Waals surface area contributed by atoms with Gasteiger partial charge in [0.1, 0.15) is 0 Å². The molecular formula is C14H24N2O3. The summed E-state index contributed by atoms with van der Waals surface area (Å²) in [5.74, 6) is -0.449. The second-order valence-electron chi connectivity index (χ2n) is 5.48. The smallest absolute Gasteiger partial charge is 0.320 e. The molecule has 1 aliphatic rings. The molecule has 1 atom stereocenters. The van der Waals surface area contributed by atoms with E-state index >= 15 is 0 Å². The predicted molar refractivity (Wildman–Crippen MR) is 74.0 cm³/mol. The molecule has 108 valence electrons. The van der Waals surface area contributed by atoms with Crippen molar-refractivity contribution in [3.05, 3.63) is 12.2 Å². The highest BCUT2D eigenvalue weighted by atomic mass is 16.4. The summed E-state index contributed by atoms with van der Waals surface area (Å²) in [7, 11) is 1.78. The van der Waals surface area contributed by atoms with Crippen molar-refractivity contribution in [3.63, 3.8) is 0 Å². The number of rotatable bonds is 5. The molecular weight excluding hydrogens is 244 g/mol. The van der Waals surface area contributed by atoms with E-state index in [1.54, 1.807) is 11.9 Å². The Labute approximate surface area is 114 Å². The van der Waals surface area contributed by atoms with Crippen LogP contribution in [0.15, 0.2) is 12.2 Å². The molecule has 2 amide bonds. The van der Waals surface area contributed by atoms with Crippen LogP contribution in [0.2, 0.25) is 0 Å². The zero-order chi connectivity index (χ0) is 14.4. The van der Waals surface area contributed by atoms with Crippen LogP contribution in [0.1, 0.15) is 32.6 Å². The van der Waals surface area contributed by atoms with E-state index in [1.165, 1.54) is 0 Å². The van der Waals surface area contributed by atoms with E-state index in [0.717, 1.165) is 25.0 Å². The lowest BCUT2D eigenvalue weighted by Crippen LogP contribution is -2.46. The molecule has 1 saturated heterocycles. The number of carbonyl (C=O) groups excluding carboxylic acids is 1. The van der Waals surface area contributed by atoms with E-state index < -0.39 is 5.97 Å². The van der Waals surface area contributed by atoms with Gasteiger partial charge in [0.05, 0.1) is 0 Å². The van der Waals surface area contributed by atoms with Crippen LogP contribution >= 0.6 is 0 Å². The Bertz CT molecular complexity index is 355. The fraction of sp³-hybridized carbons (Fsp3) is 0.714. The van der Waals surface area contributed by atoms with Gasteiger partial charge in [-0.1, -0.05) is 12.2 Å². The first kappa shape index (κ1) is 15.5. The highest BCUT2D eigenvalue weighted by molar-refractivity contribution is 5.74. The molecule has 0 aromatic heterocycles. The number of piperidine rings is 1. The summed E-state index contributed by atoms with van der Waals surface area (Å²) in [6, 6.07) is 0.0167. The summed E-state index contributed by atoms with van der Waals surface area (Å²) >= 11 is 0. The van der Waals surface area contributed by atoms with Crippen LogP contribution in [0.5, 0.6) is 0 Å². The number of carbonyl (C=O) groups is 2. The molecule has 0 saturated carbocycles. The van der Waals surface area contributed by atoms with E-state index in [4.69, 9.17) is 5.11 Å². The lowest BCUT2D eigenvalue weighted by atomic mass is 9.93. The largest absolute Gasteiger partial charge is 0.481 e. The van der Waals surface area contributed by atoms with Gasteiger partial charge in [-0.2, -0.15) is 0 Å². The van der Waals surface area contributed by atoms with Crippen molar-refractivity contribution in [2.45, 2.75) is 32.6 Å². The number of carboxylic acids is 1. The number of likely N-dealkylation sites (tertiary alicyclic amines) is 1. The van der Waals surface area contributed by atoms with E-state index in [2.05, 4.69) is 6.58 Å². The second kappa shape index (κ2) is 7.16. The first-order chi connectivity index (χ1) is 8.90. The molecule has 0 aliphatic carbocycles. The fourth-order valence-corrected chi connectivity index (χ4v) is 2.52. The lowest BCUT2D eigenvalue weighted by molar-refractivity contribution is -0.137. The van der Waals surface area contributed by atoms with Crippen molar-refractivity contribution >= 4 is 12.0 Å². The summed E-state index contributed by atoms with van der Waals surface area (Å²) in [5.41, 5.74) is 0.954. The standard InChI is InChI=1S/C14H24N2O3/c1-11(2)9-15(3)14(19)16-8-4-5-12(10-16)6-7-13(17)18/h12H,1,4-10H2,2-3H3,(H,17,18). The molecule has 1 aliphatic heterocycles. The topological polar surface area (TPSA) is 60.9 Å². The quantitative estimate of drug-likeness (QED) is 0.777. The van der Waals surface area contributed by atoms with Gasteiger partial charge in [0.25, 0.3) is 0 Å². The zero-order valence-electron chi connectivity index (χ0n) is 11.9. The van der Waals surface area contributed by atoms with Crippen LogP contribution in [0, 0.1) is 5.92 Å². The molecule has 1 unspecified atom stereocenters. The number of urea groups is 1. The molecule has 0 bridgehead atoms. The SMILES string of the molecule is C=C(C)CN(C)C(=O)N1CCCC(CCC(=O)O)C1. The normalized spacial score (nSPS) is 19.1. The van der Waals surface area contributed by atoms with Gasteiger partial charge in [-0.05, 0) is 32.1 Å². The molecule has 0 aromatic rings.